The van der Waals surface area contributed by atoms with Crippen molar-refractivity contribution in [2.45, 2.75) is 50.4 Å². The third kappa shape index (κ3) is 5.51. The lowest BCUT2D eigenvalue weighted by molar-refractivity contribution is -0.119. The van der Waals surface area contributed by atoms with E-state index in [1.807, 2.05) is 42.5 Å². The van der Waals surface area contributed by atoms with E-state index in [-0.39, 0.29) is 11.9 Å². The van der Waals surface area contributed by atoms with Crippen molar-refractivity contribution in [2.24, 2.45) is 5.92 Å². The second-order valence-corrected chi connectivity index (χ2v) is 9.06. The van der Waals surface area contributed by atoms with Crippen molar-refractivity contribution < 1.29 is 9.53 Å². The van der Waals surface area contributed by atoms with Crippen LogP contribution in [-0.4, -0.2) is 33.5 Å². The van der Waals surface area contributed by atoms with Gasteiger partial charge in [-0.2, -0.15) is 0 Å². The van der Waals surface area contributed by atoms with Gasteiger partial charge in [0, 0.05) is 12.1 Å². The topological polar surface area (TPSA) is 69.0 Å². The maximum absolute atomic E-state index is 12.8. The molecule has 0 bridgehead atoms. The Hall–Kier alpha value is -2.80. The van der Waals surface area contributed by atoms with Crippen molar-refractivity contribution >= 4 is 17.7 Å². The van der Waals surface area contributed by atoms with Crippen LogP contribution in [0.1, 0.15) is 44.2 Å². The van der Waals surface area contributed by atoms with E-state index in [2.05, 4.69) is 39.1 Å². The van der Waals surface area contributed by atoms with E-state index in [0.717, 1.165) is 41.7 Å². The zero-order valence-corrected chi connectivity index (χ0v) is 19.5. The highest BCUT2D eigenvalue weighted by Gasteiger charge is 2.33. The number of benzene rings is 2. The number of rotatable bonds is 11. The number of hydrogen-bond donors (Lipinski definition) is 1. The molecule has 0 saturated heterocycles. The predicted molar refractivity (Wildman–Crippen MR) is 128 cm³/mol. The van der Waals surface area contributed by atoms with E-state index in [9.17, 15) is 4.79 Å². The second kappa shape index (κ2) is 10.7. The number of nitrogens with zero attached hydrogens (tertiary/aromatic N) is 3. The Morgan fingerprint density at radius 2 is 1.91 bits per heavy atom. The highest BCUT2D eigenvalue weighted by molar-refractivity contribution is 7.99. The molecule has 32 heavy (non-hydrogen) atoms. The highest BCUT2D eigenvalue weighted by atomic mass is 32.2. The van der Waals surface area contributed by atoms with Gasteiger partial charge in [-0.1, -0.05) is 55.4 Å². The lowest BCUT2D eigenvalue weighted by Gasteiger charge is -2.18. The Morgan fingerprint density at radius 3 is 2.56 bits per heavy atom. The zero-order valence-electron chi connectivity index (χ0n) is 18.7. The van der Waals surface area contributed by atoms with Gasteiger partial charge in [0.2, 0.25) is 5.91 Å². The standard InChI is InChI=1S/C25H30N4O2S/c1-3-4-16-29-24(20-12-14-21(31-2)15-13-20)27-28-25(29)32-17-22(30)26-23(19-10-11-19)18-8-6-5-7-9-18/h5-9,12-15,19,23H,3-4,10-11,16-17H2,1-2H3,(H,26,30). The smallest absolute Gasteiger partial charge is 0.230 e. The number of methoxy groups -OCH3 is 1. The van der Waals surface area contributed by atoms with Crippen molar-refractivity contribution in [1.29, 1.82) is 0 Å². The fourth-order valence-corrected chi connectivity index (χ4v) is 4.55. The number of carbonyl (C=O) groups is 1. The Bertz CT molecular complexity index is 1020. The lowest BCUT2D eigenvalue weighted by atomic mass is 10.0. The summed E-state index contributed by atoms with van der Waals surface area (Å²) in [5, 5.41) is 12.9. The lowest BCUT2D eigenvalue weighted by Crippen LogP contribution is -2.31. The fourth-order valence-electron chi connectivity index (χ4n) is 3.78. The summed E-state index contributed by atoms with van der Waals surface area (Å²) in [5.41, 5.74) is 2.17. The molecule has 168 valence electrons. The first kappa shape index (κ1) is 22.4. The Balaban J connectivity index is 1.45. The molecule has 0 aliphatic heterocycles. The number of amides is 1. The summed E-state index contributed by atoms with van der Waals surface area (Å²) in [5.74, 6) is 2.53. The molecular formula is C25H30N4O2S. The van der Waals surface area contributed by atoms with E-state index in [4.69, 9.17) is 4.74 Å². The summed E-state index contributed by atoms with van der Waals surface area (Å²) in [4.78, 5) is 12.8. The molecule has 1 aliphatic rings. The highest BCUT2D eigenvalue weighted by Crippen LogP contribution is 2.41. The van der Waals surface area contributed by atoms with Crippen molar-refractivity contribution in [3.05, 3.63) is 60.2 Å². The molecule has 2 aromatic carbocycles. The minimum absolute atomic E-state index is 0.0341. The quantitative estimate of drug-likeness (QED) is 0.411. The fraction of sp³-hybridized carbons (Fsp3) is 0.400. The molecule has 1 amide bonds. The average molecular weight is 451 g/mol. The summed E-state index contributed by atoms with van der Waals surface area (Å²) in [6.45, 7) is 2.99. The van der Waals surface area contributed by atoms with E-state index in [1.165, 1.54) is 30.2 Å². The van der Waals surface area contributed by atoms with E-state index >= 15 is 0 Å². The van der Waals surface area contributed by atoms with Crippen LogP contribution in [-0.2, 0) is 11.3 Å². The van der Waals surface area contributed by atoms with Crippen molar-refractivity contribution in [2.75, 3.05) is 12.9 Å². The van der Waals surface area contributed by atoms with Gasteiger partial charge in [-0.25, -0.2) is 0 Å². The zero-order chi connectivity index (χ0) is 22.3. The van der Waals surface area contributed by atoms with Gasteiger partial charge < -0.3 is 14.6 Å². The number of aromatic nitrogens is 3. The molecule has 1 aliphatic carbocycles. The first-order valence-corrected chi connectivity index (χ1v) is 12.2. The van der Waals surface area contributed by atoms with Crippen LogP contribution in [0.2, 0.25) is 0 Å². The summed E-state index contributed by atoms with van der Waals surface area (Å²) >= 11 is 1.45. The minimum atomic E-state index is 0.0341. The van der Waals surface area contributed by atoms with Crippen LogP contribution in [0.4, 0.5) is 0 Å². The molecule has 0 radical (unpaired) electrons. The summed E-state index contributed by atoms with van der Waals surface area (Å²) < 4.78 is 7.39. The van der Waals surface area contributed by atoms with Crippen LogP contribution in [0.5, 0.6) is 5.75 Å². The van der Waals surface area contributed by atoms with Crippen molar-refractivity contribution in [1.82, 2.24) is 20.1 Å². The Labute approximate surface area is 193 Å². The maximum Gasteiger partial charge on any atom is 0.230 e. The van der Waals surface area contributed by atoms with Gasteiger partial charge in [0.15, 0.2) is 11.0 Å². The van der Waals surface area contributed by atoms with Gasteiger partial charge in [-0.3, -0.25) is 4.79 Å². The maximum atomic E-state index is 12.8. The second-order valence-electron chi connectivity index (χ2n) is 8.12. The SMILES string of the molecule is CCCCn1c(SCC(=O)NC(c2ccccc2)C2CC2)nnc1-c1ccc(OC)cc1. The minimum Gasteiger partial charge on any atom is -0.497 e. The molecule has 4 rings (SSSR count). The first-order chi connectivity index (χ1) is 15.7. The molecule has 1 unspecified atom stereocenters. The van der Waals surface area contributed by atoms with Crippen LogP contribution in [0.3, 0.4) is 0 Å². The third-order valence-electron chi connectivity index (χ3n) is 5.70. The molecule has 0 spiro atoms. The third-order valence-corrected chi connectivity index (χ3v) is 6.67. The molecule has 1 aromatic heterocycles. The van der Waals surface area contributed by atoms with Crippen LogP contribution >= 0.6 is 11.8 Å². The number of thioether (sulfide) groups is 1. The van der Waals surface area contributed by atoms with Crippen LogP contribution in [0, 0.1) is 5.92 Å². The van der Waals surface area contributed by atoms with Gasteiger partial charge in [-0.15, -0.1) is 10.2 Å². The van der Waals surface area contributed by atoms with Crippen LogP contribution in [0.15, 0.2) is 59.8 Å². The van der Waals surface area contributed by atoms with E-state index in [1.54, 1.807) is 7.11 Å². The van der Waals surface area contributed by atoms with Gasteiger partial charge in [0.25, 0.3) is 0 Å². The molecule has 1 N–H and O–H groups in total. The number of carbonyl (C=O) groups excluding carboxylic acids is 1. The first-order valence-electron chi connectivity index (χ1n) is 11.2. The number of unbranched alkanes of at least 4 members (excludes halogenated alkanes) is 1. The normalized spacial score (nSPS) is 14.2. The molecule has 1 fully saturated rings. The molecule has 3 aromatic rings. The Morgan fingerprint density at radius 1 is 1.16 bits per heavy atom. The van der Waals surface area contributed by atoms with Crippen molar-refractivity contribution in [3.63, 3.8) is 0 Å². The number of ether oxygens (including phenoxy) is 1. The van der Waals surface area contributed by atoms with E-state index in [0.29, 0.717) is 11.7 Å². The number of hydrogen-bond acceptors (Lipinski definition) is 5. The van der Waals surface area contributed by atoms with Crippen LogP contribution in [0.25, 0.3) is 11.4 Å². The largest absolute Gasteiger partial charge is 0.497 e. The molecule has 1 saturated carbocycles. The van der Waals surface area contributed by atoms with Gasteiger partial charge >= 0.3 is 0 Å². The molecule has 1 atom stereocenters. The molecule has 1 heterocycles. The molecular weight excluding hydrogens is 420 g/mol. The average Bonchev–Trinajstić information content (AvgIpc) is 3.60. The summed E-state index contributed by atoms with van der Waals surface area (Å²) in [7, 11) is 1.66. The van der Waals surface area contributed by atoms with Gasteiger partial charge in [-0.05, 0) is 55.0 Å². The Kier molecular flexibility index (Phi) is 7.47. The van der Waals surface area contributed by atoms with Gasteiger partial charge in [0.1, 0.15) is 5.75 Å². The summed E-state index contributed by atoms with van der Waals surface area (Å²) in [6.07, 6.45) is 4.44. The monoisotopic (exact) mass is 450 g/mol. The predicted octanol–water partition coefficient (Wildman–Crippen LogP) is 5.11. The van der Waals surface area contributed by atoms with Crippen LogP contribution < -0.4 is 10.1 Å². The molecule has 6 nitrogen and oxygen atoms in total. The summed E-state index contributed by atoms with van der Waals surface area (Å²) in [6, 6.07) is 18.2. The van der Waals surface area contributed by atoms with Crippen molar-refractivity contribution in [3.8, 4) is 17.1 Å². The van der Waals surface area contributed by atoms with E-state index < -0.39 is 0 Å². The van der Waals surface area contributed by atoms with Gasteiger partial charge in [0.05, 0.1) is 18.9 Å². The molecule has 7 heteroatoms. The number of nitrogens with one attached hydrogen (secondary N) is 1.